The molecule has 0 atom stereocenters. The number of methoxy groups -OCH3 is 1. The van der Waals surface area contributed by atoms with Crippen molar-refractivity contribution in [3.8, 4) is 22.7 Å². The normalized spacial score (nSPS) is 16.0. The van der Waals surface area contributed by atoms with E-state index >= 15 is 0 Å². The van der Waals surface area contributed by atoms with Crippen LogP contribution in [0.25, 0.3) is 23.0 Å². The standard InChI is InChI=1S/C30H31Cl2N3O4/c1-3-39-27(36)14-12-23-28-26(15-18-34(30(28)37)33-16-5-4-6-17-33)35(25-13-9-21(31)19-24(25)32)29(23)20-7-10-22(38-2)11-8-20/h7-14,19H,3-6,15-18H2,1-2H3/b14-12+. The zero-order chi connectivity index (χ0) is 27.5. The lowest BCUT2D eigenvalue weighted by Gasteiger charge is -2.39. The molecule has 7 nitrogen and oxygen atoms in total. The Bertz CT molecular complexity index is 1410. The van der Waals surface area contributed by atoms with Crippen molar-refractivity contribution in [3.63, 3.8) is 0 Å². The highest BCUT2D eigenvalue weighted by atomic mass is 35.5. The van der Waals surface area contributed by atoms with E-state index in [-0.39, 0.29) is 12.5 Å². The maximum atomic E-state index is 14.2. The van der Waals surface area contributed by atoms with Gasteiger partial charge in [0, 0.05) is 48.4 Å². The number of aromatic nitrogens is 1. The van der Waals surface area contributed by atoms with E-state index < -0.39 is 5.97 Å². The molecule has 39 heavy (non-hydrogen) atoms. The smallest absolute Gasteiger partial charge is 0.330 e. The number of fused-ring (bicyclic) bond motifs is 1. The molecule has 0 aliphatic carbocycles. The summed E-state index contributed by atoms with van der Waals surface area (Å²) >= 11 is 13.0. The maximum Gasteiger partial charge on any atom is 0.330 e. The molecule has 2 aromatic carbocycles. The average Bonchev–Trinajstić information content (AvgIpc) is 3.27. The van der Waals surface area contributed by atoms with Crippen LogP contribution >= 0.6 is 23.2 Å². The van der Waals surface area contributed by atoms with Gasteiger partial charge in [0.15, 0.2) is 0 Å². The first-order chi connectivity index (χ1) is 18.9. The predicted octanol–water partition coefficient (Wildman–Crippen LogP) is 6.44. The summed E-state index contributed by atoms with van der Waals surface area (Å²) in [7, 11) is 1.62. The molecule has 2 aliphatic rings. The molecular formula is C30H31Cl2N3O4. The fraction of sp³-hybridized carbons (Fsp3) is 0.333. The highest BCUT2D eigenvalue weighted by Crippen LogP contribution is 2.41. The zero-order valence-electron chi connectivity index (χ0n) is 22.1. The van der Waals surface area contributed by atoms with E-state index in [4.69, 9.17) is 32.7 Å². The molecule has 204 valence electrons. The number of hydrogen-bond acceptors (Lipinski definition) is 5. The summed E-state index contributed by atoms with van der Waals surface area (Å²) in [5.41, 5.74) is 4.34. The molecule has 9 heteroatoms. The number of hydrazine groups is 1. The van der Waals surface area contributed by atoms with Crippen LogP contribution in [-0.4, -0.2) is 59.8 Å². The lowest BCUT2D eigenvalue weighted by Crippen LogP contribution is -2.51. The van der Waals surface area contributed by atoms with Crippen molar-refractivity contribution in [2.24, 2.45) is 0 Å². The van der Waals surface area contributed by atoms with Crippen LogP contribution in [0.3, 0.4) is 0 Å². The maximum absolute atomic E-state index is 14.2. The lowest BCUT2D eigenvalue weighted by atomic mass is 9.99. The Hall–Kier alpha value is -3.26. The molecule has 0 saturated carbocycles. The summed E-state index contributed by atoms with van der Waals surface area (Å²) in [4.78, 5) is 26.6. The molecule has 0 N–H and O–H groups in total. The summed E-state index contributed by atoms with van der Waals surface area (Å²) in [5.74, 6) is 0.155. The molecule has 0 unspecified atom stereocenters. The van der Waals surface area contributed by atoms with E-state index in [9.17, 15) is 9.59 Å². The van der Waals surface area contributed by atoms with E-state index in [1.54, 1.807) is 32.2 Å². The predicted molar refractivity (Wildman–Crippen MR) is 154 cm³/mol. The Labute approximate surface area is 238 Å². The van der Waals surface area contributed by atoms with Gasteiger partial charge in [0.25, 0.3) is 5.91 Å². The third kappa shape index (κ3) is 5.44. The van der Waals surface area contributed by atoms with Crippen molar-refractivity contribution in [2.75, 3.05) is 33.4 Å². The molecule has 1 amide bonds. The molecule has 1 aromatic heterocycles. The second kappa shape index (κ2) is 11.9. The number of halogens is 2. The Morgan fingerprint density at radius 1 is 1.03 bits per heavy atom. The lowest BCUT2D eigenvalue weighted by molar-refractivity contribution is -0.137. The number of rotatable bonds is 7. The van der Waals surface area contributed by atoms with Crippen LogP contribution in [-0.2, 0) is 16.0 Å². The summed E-state index contributed by atoms with van der Waals surface area (Å²) in [5, 5.41) is 5.01. The molecule has 0 radical (unpaired) electrons. The fourth-order valence-corrected chi connectivity index (χ4v) is 5.91. The Morgan fingerprint density at radius 2 is 1.77 bits per heavy atom. The van der Waals surface area contributed by atoms with E-state index in [2.05, 4.69) is 5.01 Å². The molecule has 1 saturated heterocycles. The summed E-state index contributed by atoms with van der Waals surface area (Å²) in [6.07, 6.45) is 6.98. The van der Waals surface area contributed by atoms with Crippen molar-refractivity contribution >= 4 is 41.2 Å². The number of piperidine rings is 1. The number of esters is 1. The van der Waals surface area contributed by atoms with Gasteiger partial charge in [0.2, 0.25) is 0 Å². The van der Waals surface area contributed by atoms with Crippen LogP contribution in [0.1, 0.15) is 47.8 Å². The summed E-state index contributed by atoms with van der Waals surface area (Å²) in [6, 6.07) is 13.0. The first-order valence-corrected chi connectivity index (χ1v) is 14.0. The number of carbonyl (C=O) groups is 2. The van der Waals surface area contributed by atoms with Gasteiger partial charge in [-0.05, 0) is 73.9 Å². The molecule has 1 fully saturated rings. The van der Waals surface area contributed by atoms with Gasteiger partial charge in [-0.1, -0.05) is 29.6 Å². The first kappa shape index (κ1) is 27.3. The van der Waals surface area contributed by atoms with Crippen molar-refractivity contribution in [2.45, 2.75) is 32.6 Å². The number of carbonyl (C=O) groups excluding carboxylic acids is 2. The topological polar surface area (TPSA) is 64.0 Å². The van der Waals surface area contributed by atoms with Crippen molar-refractivity contribution in [1.29, 1.82) is 0 Å². The number of hydrogen-bond donors (Lipinski definition) is 0. The minimum Gasteiger partial charge on any atom is -0.497 e. The van der Waals surface area contributed by atoms with Gasteiger partial charge in [0.05, 0.1) is 35.7 Å². The van der Waals surface area contributed by atoms with E-state index in [1.165, 1.54) is 12.5 Å². The molecule has 3 aromatic rings. The highest BCUT2D eigenvalue weighted by Gasteiger charge is 2.37. The number of ether oxygens (including phenoxy) is 2. The second-order valence-corrected chi connectivity index (χ2v) is 10.4. The van der Waals surface area contributed by atoms with Crippen LogP contribution in [0.4, 0.5) is 0 Å². The Balaban J connectivity index is 1.77. The molecular weight excluding hydrogens is 537 g/mol. The van der Waals surface area contributed by atoms with Crippen LogP contribution in [0.15, 0.2) is 48.5 Å². The van der Waals surface area contributed by atoms with Crippen LogP contribution < -0.4 is 4.74 Å². The van der Waals surface area contributed by atoms with Gasteiger partial charge in [-0.25, -0.2) is 9.80 Å². The van der Waals surface area contributed by atoms with Gasteiger partial charge < -0.3 is 14.0 Å². The third-order valence-electron chi connectivity index (χ3n) is 7.18. The van der Waals surface area contributed by atoms with E-state index in [1.807, 2.05) is 39.9 Å². The van der Waals surface area contributed by atoms with Crippen molar-refractivity contribution in [3.05, 3.63) is 75.4 Å². The first-order valence-electron chi connectivity index (χ1n) is 13.2. The fourth-order valence-electron chi connectivity index (χ4n) is 5.41. The largest absolute Gasteiger partial charge is 0.497 e. The summed E-state index contributed by atoms with van der Waals surface area (Å²) in [6.45, 7) is 4.28. The van der Waals surface area contributed by atoms with Gasteiger partial charge in [-0.2, -0.15) is 0 Å². The SMILES string of the molecule is CCOC(=O)/C=C/c1c2c(n(-c3ccc(Cl)cc3Cl)c1-c1ccc(OC)cc1)CCN(N1CCCCC1)C2=O. The molecule has 5 rings (SSSR count). The van der Waals surface area contributed by atoms with E-state index in [0.717, 1.165) is 42.9 Å². The summed E-state index contributed by atoms with van der Waals surface area (Å²) < 4.78 is 12.6. The van der Waals surface area contributed by atoms with Crippen molar-refractivity contribution < 1.29 is 19.1 Å². The zero-order valence-corrected chi connectivity index (χ0v) is 23.6. The van der Waals surface area contributed by atoms with Crippen LogP contribution in [0.2, 0.25) is 10.0 Å². The molecule has 0 spiro atoms. The molecule has 2 aliphatic heterocycles. The Kier molecular flexibility index (Phi) is 8.31. The number of amides is 1. The van der Waals surface area contributed by atoms with Crippen LogP contribution in [0.5, 0.6) is 5.75 Å². The minimum absolute atomic E-state index is 0.0831. The highest BCUT2D eigenvalue weighted by molar-refractivity contribution is 6.35. The van der Waals surface area contributed by atoms with Gasteiger partial charge in [-0.15, -0.1) is 0 Å². The molecule has 3 heterocycles. The third-order valence-corrected chi connectivity index (χ3v) is 7.71. The van der Waals surface area contributed by atoms with E-state index in [0.29, 0.717) is 45.6 Å². The molecule has 0 bridgehead atoms. The van der Waals surface area contributed by atoms with Gasteiger partial charge in [-0.3, -0.25) is 9.80 Å². The van der Waals surface area contributed by atoms with Gasteiger partial charge in [0.1, 0.15) is 5.75 Å². The average molecular weight is 569 g/mol. The number of nitrogens with zero attached hydrogens (tertiary/aromatic N) is 3. The minimum atomic E-state index is -0.472. The van der Waals surface area contributed by atoms with Crippen LogP contribution in [0, 0.1) is 0 Å². The van der Waals surface area contributed by atoms with Gasteiger partial charge >= 0.3 is 5.97 Å². The quantitative estimate of drug-likeness (QED) is 0.243. The number of benzene rings is 2. The monoisotopic (exact) mass is 567 g/mol. The second-order valence-electron chi connectivity index (χ2n) is 9.52. The Morgan fingerprint density at radius 3 is 2.44 bits per heavy atom. The van der Waals surface area contributed by atoms with Crippen molar-refractivity contribution in [1.82, 2.24) is 14.6 Å².